The van der Waals surface area contributed by atoms with Gasteiger partial charge in [-0.1, -0.05) is 50.1 Å². The highest BCUT2D eigenvalue weighted by atomic mass is 16.5. The van der Waals surface area contributed by atoms with E-state index in [4.69, 9.17) is 9.15 Å². The van der Waals surface area contributed by atoms with Crippen LogP contribution in [0.3, 0.4) is 0 Å². The Bertz CT molecular complexity index is 853. The van der Waals surface area contributed by atoms with Gasteiger partial charge < -0.3 is 14.3 Å². The van der Waals surface area contributed by atoms with Crippen LogP contribution in [0.4, 0.5) is 0 Å². The van der Waals surface area contributed by atoms with E-state index >= 15 is 0 Å². The number of aromatic hydroxyl groups is 1. The number of ether oxygens (including phenoxy) is 1. The van der Waals surface area contributed by atoms with Crippen molar-refractivity contribution in [3.63, 3.8) is 0 Å². The third-order valence-electron chi connectivity index (χ3n) is 5.39. The van der Waals surface area contributed by atoms with Crippen LogP contribution in [0.25, 0.3) is 0 Å². The van der Waals surface area contributed by atoms with Gasteiger partial charge in [-0.15, -0.1) is 0 Å². The van der Waals surface area contributed by atoms with E-state index in [-0.39, 0.29) is 17.2 Å². The fourth-order valence-corrected chi connectivity index (χ4v) is 3.89. The molecular weight excluding hydrogens is 340 g/mol. The molecule has 0 bridgehead atoms. The molecule has 0 spiro atoms. The summed E-state index contributed by atoms with van der Waals surface area (Å²) in [6, 6.07) is 9.96. The minimum atomic E-state index is -0.809. The number of benzene rings is 1. The monoisotopic (exact) mass is 368 g/mol. The van der Waals surface area contributed by atoms with E-state index in [1.165, 1.54) is 11.1 Å². The first-order valence-electron chi connectivity index (χ1n) is 9.75. The lowest BCUT2D eigenvalue weighted by Crippen LogP contribution is -2.31. The van der Waals surface area contributed by atoms with Crippen LogP contribution in [0.1, 0.15) is 67.9 Å². The summed E-state index contributed by atoms with van der Waals surface area (Å²) in [4.78, 5) is 12.8. The summed E-state index contributed by atoms with van der Waals surface area (Å²) in [6.45, 7) is 6.15. The lowest BCUT2D eigenvalue weighted by molar-refractivity contribution is 0.0256. The minimum Gasteiger partial charge on any atom is -0.507 e. The second-order valence-corrected chi connectivity index (χ2v) is 7.43. The highest BCUT2D eigenvalue weighted by Crippen LogP contribution is 2.42. The molecule has 2 atom stereocenters. The van der Waals surface area contributed by atoms with E-state index in [1.807, 2.05) is 13.0 Å². The van der Waals surface area contributed by atoms with Gasteiger partial charge in [-0.2, -0.15) is 0 Å². The average Bonchev–Trinajstić information content (AvgIpc) is 3.10. The van der Waals surface area contributed by atoms with Crippen LogP contribution in [0.5, 0.6) is 5.75 Å². The molecule has 4 nitrogen and oxygen atoms in total. The summed E-state index contributed by atoms with van der Waals surface area (Å²) < 4.78 is 11.5. The van der Waals surface area contributed by atoms with Gasteiger partial charge in [0, 0.05) is 18.4 Å². The molecule has 4 heteroatoms. The third kappa shape index (κ3) is 3.95. The molecule has 2 aromatic rings. The highest BCUT2D eigenvalue weighted by Gasteiger charge is 2.40. The second kappa shape index (κ2) is 8.03. The highest BCUT2D eigenvalue weighted by molar-refractivity contribution is 5.38. The van der Waals surface area contributed by atoms with Crippen molar-refractivity contribution >= 4 is 0 Å². The van der Waals surface area contributed by atoms with Crippen molar-refractivity contribution < 1.29 is 14.3 Å². The van der Waals surface area contributed by atoms with Crippen LogP contribution < -0.4 is 5.63 Å². The first-order valence-corrected chi connectivity index (χ1v) is 9.75. The zero-order valence-corrected chi connectivity index (χ0v) is 16.3. The van der Waals surface area contributed by atoms with E-state index in [0.29, 0.717) is 18.6 Å². The van der Waals surface area contributed by atoms with Crippen molar-refractivity contribution in [3.05, 3.63) is 75.5 Å². The quantitative estimate of drug-likeness (QED) is 0.718. The molecule has 0 amide bonds. The first-order chi connectivity index (χ1) is 13.0. The molecule has 27 heavy (non-hydrogen) atoms. The van der Waals surface area contributed by atoms with Crippen molar-refractivity contribution in [2.75, 3.05) is 0 Å². The number of aryl methyl sites for hydroxylation is 1. The molecule has 1 aromatic heterocycles. The lowest BCUT2D eigenvalue weighted by Gasteiger charge is -2.28. The molecule has 0 saturated carbocycles. The topological polar surface area (TPSA) is 59.7 Å². The van der Waals surface area contributed by atoms with E-state index in [0.717, 1.165) is 19.3 Å². The molecule has 3 rings (SSSR count). The van der Waals surface area contributed by atoms with Gasteiger partial charge in [0.25, 0.3) is 0 Å². The van der Waals surface area contributed by atoms with Crippen LogP contribution >= 0.6 is 0 Å². The molecule has 2 heterocycles. The van der Waals surface area contributed by atoms with Gasteiger partial charge in [0.05, 0.1) is 6.26 Å². The molecule has 144 valence electrons. The van der Waals surface area contributed by atoms with Crippen molar-refractivity contribution in [2.45, 2.75) is 64.4 Å². The normalized spacial score (nSPS) is 19.8. The molecule has 2 unspecified atom stereocenters. The Balaban J connectivity index is 1.93. The molecule has 1 aliphatic rings. The maximum absolute atomic E-state index is 12.8. The van der Waals surface area contributed by atoms with Gasteiger partial charge in [-0.25, -0.2) is 4.79 Å². The summed E-state index contributed by atoms with van der Waals surface area (Å²) >= 11 is 0. The van der Waals surface area contributed by atoms with Crippen LogP contribution in [-0.4, -0.2) is 5.11 Å². The SMILES string of the molecule is CCCC1(c2c(O)cc(C(CC)Cc3ccc(C)cc3)oc2=O)CC=CO1. The van der Waals surface area contributed by atoms with E-state index in [2.05, 4.69) is 38.1 Å². The van der Waals surface area contributed by atoms with Crippen LogP contribution in [0.2, 0.25) is 0 Å². The Kier molecular flexibility index (Phi) is 5.73. The van der Waals surface area contributed by atoms with E-state index < -0.39 is 11.2 Å². The standard InChI is InChI=1S/C23H28O4/c1-4-11-23(12-6-13-26-23)21-19(24)15-20(27-22(21)25)18(5-2)14-17-9-7-16(3)8-10-17/h6-10,13,15,18,24H,4-5,11-12,14H2,1-3H3. The summed E-state index contributed by atoms with van der Waals surface area (Å²) in [5.74, 6) is 0.535. The second-order valence-electron chi connectivity index (χ2n) is 7.43. The van der Waals surface area contributed by atoms with Gasteiger partial charge in [-0.05, 0) is 37.8 Å². The lowest BCUT2D eigenvalue weighted by atomic mass is 9.86. The van der Waals surface area contributed by atoms with Gasteiger partial charge in [0.2, 0.25) is 0 Å². The average molecular weight is 368 g/mol. The van der Waals surface area contributed by atoms with Gasteiger partial charge in [0.1, 0.15) is 22.7 Å². The fourth-order valence-electron chi connectivity index (χ4n) is 3.89. The molecule has 0 aliphatic carbocycles. The minimum absolute atomic E-state index is 0.0271. The summed E-state index contributed by atoms with van der Waals surface area (Å²) in [5, 5.41) is 10.7. The molecule has 0 radical (unpaired) electrons. The molecule has 1 aliphatic heterocycles. The fraction of sp³-hybridized carbons (Fsp3) is 0.435. The molecule has 0 fully saturated rings. The van der Waals surface area contributed by atoms with Crippen molar-refractivity contribution in [1.29, 1.82) is 0 Å². The Morgan fingerprint density at radius 1 is 1.22 bits per heavy atom. The summed E-state index contributed by atoms with van der Waals surface area (Å²) in [7, 11) is 0. The van der Waals surface area contributed by atoms with Crippen LogP contribution in [-0.2, 0) is 16.8 Å². The largest absolute Gasteiger partial charge is 0.507 e. The van der Waals surface area contributed by atoms with Crippen LogP contribution in [0, 0.1) is 6.92 Å². The molecule has 1 aromatic carbocycles. The van der Waals surface area contributed by atoms with Crippen molar-refractivity contribution in [3.8, 4) is 5.75 Å². The van der Waals surface area contributed by atoms with Crippen molar-refractivity contribution in [2.24, 2.45) is 0 Å². The Hall–Kier alpha value is -2.49. The van der Waals surface area contributed by atoms with Gasteiger partial charge >= 0.3 is 5.63 Å². The van der Waals surface area contributed by atoms with Gasteiger partial charge in [0.15, 0.2) is 0 Å². The maximum atomic E-state index is 12.8. The maximum Gasteiger partial charge on any atom is 0.347 e. The zero-order chi connectivity index (χ0) is 19.4. The molecular formula is C23H28O4. The third-order valence-corrected chi connectivity index (χ3v) is 5.39. The Morgan fingerprint density at radius 3 is 2.52 bits per heavy atom. The number of hydrogen-bond acceptors (Lipinski definition) is 4. The Morgan fingerprint density at radius 2 is 1.96 bits per heavy atom. The summed E-state index contributed by atoms with van der Waals surface area (Å²) in [5.41, 5.74) is 1.33. The summed E-state index contributed by atoms with van der Waals surface area (Å²) in [6.07, 6.45) is 7.12. The number of rotatable bonds is 7. The van der Waals surface area contributed by atoms with Crippen LogP contribution in [0.15, 0.2) is 51.9 Å². The smallest absolute Gasteiger partial charge is 0.347 e. The first kappa shape index (κ1) is 19.3. The zero-order valence-electron chi connectivity index (χ0n) is 16.3. The predicted molar refractivity (Wildman–Crippen MR) is 106 cm³/mol. The van der Waals surface area contributed by atoms with E-state index in [1.54, 1.807) is 12.3 Å². The Labute approximate surface area is 160 Å². The van der Waals surface area contributed by atoms with E-state index in [9.17, 15) is 9.90 Å². The van der Waals surface area contributed by atoms with Crippen molar-refractivity contribution in [1.82, 2.24) is 0 Å². The van der Waals surface area contributed by atoms with Gasteiger partial charge in [-0.3, -0.25) is 0 Å². The number of hydrogen-bond donors (Lipinski definition) is 1. The molecule has 1 N–H and O–H groups in total. The predicted octanol–water partition coefficient (Wildman–Crippen LogP) is 5.32. The molecule has 0 saturated heterocycles.